The molecular weight excluding hydrogens is 306 g/mol. The third-order valence-electron chi connectivity index (χ3n) is 2.17. The highest BCUT2D eigenvalue weighted by atomic mass is 32.2. The van der Waals surface area contributed by atoms with E-state index in [-0.39, 0.29) is 20.8 Å². The number of rotatable bonds is 5. The van der Waals surface area contributed by atoms with Gasteiger partial charge in [0.1, 0.15) is 4.21 Å². The molecule has 0 saturated carbocycles. The Labute approximate surface area is 117 Å². The fourth-order valence-electron chi connectivity index (χ4n) is 1.33. The molecule has 0 radical (unpaired) electrons. The molecule has 0 aromatic carbocycles. The molecule has 0 bridgehead atoms. The third-order valence-corrected chi connectivity index (χ3v) is 5.11. The molecular formula is C9H9N5O4S2. The van der Waals surface area contributed by atoms with Gasteiger partial charge in [-0.15, -0.1) is 0 Å². The maximum absolute atomic E-state index is 12.1. The van der Waals surface area contributed by atoms with Crippen molar-refractivity contribution in [2.75, 3.05) is 17.1 Å². The topological polar surface area (TPSA) is 127 Å². The predicted octanol–water partition coefficient (Wildman–Crippen LogP) is 1.29. The average Bonchev–Trinajstić information content (AvgIpc) is 2.84. The van der Waals surface area contributed by atoms with Gasteiger partial charge < -0.3 is 5.32 Å². The minimum Gasteiger partial charge on any atom is -0.374 e. The quantitative estimate of drug-likeness (QED) is 0.628. The smallest absolute Gasteiger partial charge is 0.304 e. The lowest BCUT2D eigenvalue weighted by atomic mass is 10.5. The fourth-order valence-corrected chi connectivity index (χ4v) is 3.57. The number of hydrogen-bond donors (Lipinski definition) is 2. The van der Waals surface area contributed by atoms with E-state index in [1.165, 1.54) is 25.5 Å². The van der Waals surface area contributed by atoms with E-state index in [9.17, 15) is 18.5 Å². The maximum Gasteiger partial charge on any atom is 0.304 e. The van der Waals surface area contributed by atoms with Gasteiger partial charge in [0.15, 0.2) is 5.00 Å². The van der Waals surface area contributed by atoms with Crippen molar-refractivity contribution in [2.24, 2.45) is 0 Å². The number of sulfonamides is 1. The van der Waals surface area contributed by atoms with Crippen molar-refractivity contribution in [1.29, 1.82) is 0 Å². The zero-order valence-electron chi connectivity index (χ0n) is 10.1. The Balaban J connectivity index is 2.37. The van der Waals surface area contributed by atoms with Crippen molar-refractivity contribution in [2.45, 2.75) is 4.21 Å². The number of nitrogens with one attached hydrogen (secondary N) is 2. The monoisotopic (exact) mass is 315 g/mol. The zero-order valence-corrected chi connectivity index (χ0v) is 11.7. The molecule has 0 unspecified atom stereocenters. The Kier molecular flexibility index (Phi) is 3.81. The number of nitrogens with zero attached hydrogens (tertiary/aromatic N) is 3. The van der Waals surface area contributed by atoms with Crippen LogP contribution in [0, 0.1) is 10.1 Å². The van der Waals surface area contributed by atoms with E-state index in [1.807, 2.05) is 0 Å². The van der Waals surface area contributed by atoms with Crippen LogP contribution in [0.4, 0.5) is 16.6 Å². The molecule has 0 aliphatic rings. The summed E-state index contributed by atoms with van der Waals surface area (Å²) in [4.78, 5) is 17.6. The molecule has 2 heterocycles. The third kappa shape index (κ3) is 2.83. The van der Waals surface area contributed by atoms with Crippen molar-refractivity contribution < 1.29 is 13.3 Å². The highest BCUT2D eigenvalue weighted by molar-refractivity contribution is 7.94. The molecule has 0 saturated heterocycles. The van der Waals surface area contributed by atoms with E-state index in [1.54, 1.807) is 0 Å². The van der Waals surface area contributed by atoms with Crippen molar-refractivity contribution in [3.63, 3.8) is 0 Å². The van der Waals surface area contributed by atoms with Gasteiger partial charge in [0.2, 0.25) is 5.95 Å². The molecule has 2 rings (SSSR count). The largest absolute Gasteiger partial charge is 0.374 e. The molecule has 2 aromatic heterocycles. The molecule has 0 aliphatic heterocycles. The first-order chi connectivity index (χ1) is 9.44. The van der Waals surface area contributed by atoms with E-state index >= 15 is 0 Å². The van der Waals surface area contributed by atoms with Gasteiger partial charge in [-0.1, -0.05) is 11.3 Å². The number of hydrogen-bond acceptors (Lipinski definition) is 8. The second-order valence-corrected chi connectivity index (χ2v) is 6.43. The Bertz CT molecular complexity index is 728. The summed E-state index contributed by atoms with van der Waals surface area (Å²) in [5, 5.41) is 13.6. The van der Waals surface area contributed by atoms with Crippen LogP contribution in [0.25, 0.3) is 0 Å². The Hall–Kier alpha value is -2.27. The highest BCUT2D eigenvalue weighted by Gasteiger charge is 2.26. The summed E-state index contributed by atoms with van der Waals surface area (Å²) < 4.78 is 26.1. The fraction of sp³-hybridized carbons (Fsp3) is 0.111. The molecule has 106 valence electrons. The van der Waals surface area contributed by atoms with Crippen LogP contribution in [-0.2, 0) is 10.0 Å². The summed E-state index contributed by atoms with van der Waals surface area (Å²) in [5.74, 6) is -0.102. The number of nitro groups is 1. The standard InChI is InChI=1S/C9H9N5O4S2/c1-10-8-6(14(15)16)5-7(19-8)20(17,18)13-9-11-3-2-4-12-9/h2-5,10H,1H3,(H,11,12,13). The van der Waals surface area contributed by atoms with Gasteiger partial charge >= 0.3 is 5.69 Å². The van der Waals surface area contributed by atoms with E-state index in [0.29, 0.717) is 0 Å². The second kappa shape index (κ2) is 5.38. The summed E-state index contributed by atoms with van der Waals surface area (Å²) in [6.07, 6.45) is 2.75. The van der Waals surface area contributed by atoms with E-state index in [4.69, 9.17) is 0 Å². The van der Waals surface area contributed by atoms with Crippen molar-refractivity contribution in [3.05, 3.63) is 34.6 Å². The SMILES string of the molecule is CNc1sc(S(=O)(=O)Nc2ncccn2)cc1[N+](=O)[O-]. The average molecular weight is 315 g/mol. The normalized spacial score (nSPS) is 11.1. The predicted molar refractivity (Wildman–Crippen MR) is 73.4 cm³/mol. The molecule has 0 fully saturated rings. The molecule has 0 spiro atoms. The zero-order chi connectivity index (χ0) is 14.8. The van der Waals surface area contributed by atoms with Crippen molar-refractivity contribution in [1.82, 2.24) is 9.97 Å². The molecule has 0 atom stereocenters. The summed E-state index contributed by atoms with van der Waals surface area (Å²) in [6.45, 7) is 0. The number of thiophene rings is 1. The minimum absolute atomic E-state index is 0.102. The molecule has 2 aromatic rings. The van der Waals surface area contributed by atoms with Gasteiger partial charge in [-0.3, -0.25) is 10.1 Å². The van der Waals surface area contributed by atoms with Gasteiger partial charge in [0.25, 0.3) is 10.0 Å². The second-order valence-electron chi connectivity index (χ2n) is 3.46. The van der Waals surface area contributed by atoms with Gasteiger partial charge in [0, 0.05) is 25.5 Å². The molecule has 11 heteroatoms. The van der Waals surface area contributed by atoms with Crippen molar-refractivity contribution in [3.8, 4) is 0 Å². The summed E-state index contributed by atoms with van der Waals surface area (Å²) >= 11 is 0.755. The van der Waals surface area contributed by atoms with E-state index in [2.05, 4.69) is 20.0 Å². The molecule has 0 aliphatic carbocycles. The summed E-state index contributed by atoms with van der Waals surface area (Å²) in [7, 11) is -2.48. The van der Waals surface area contributed by atoms with Crippen LogP contribution in [0.2, 0.25) is 0 Å². The van der Waals surface area contributed by atoms with Crippen molar-refractivity contribution >= 4 is 38.0 Å². The van der Waals surface area contributed by atoms with Gasteiger partial charge in [-0.25, -0.2) is 23.1 Å². The summed E-state index contributed by atoms with van der Waals surface area (Å²) in [6, 6.07) is 2.52. The van der Waals surface area contributed by atoms with Crippen LogP contribution in [0.5, 0.6) is 0 Å². The lowest BCUT2D eigenvalue weighted by molar-refractivity contribution is -0.383. The lowest BCUT2D eigenvalue weighted by Gasteiger charge is -2.02. The Morgan fingerprint density at radius 1 is 1.35 bits per heavy atom. The molecule has 20 heavy (non-hydrogen) atoms. The van der Waals surface area contributed by atoms with Gasteiger partial charge in [0.05, 0.1) is 4.92 Å². The van der Waals surface area contributed by atoms with Crippen LogP contribution in [0.15, 0.2) is 28.7 Å². The number of aromatic nitrogens is 2. The van der Waals surface area contributed by atoms with Crippen LogP contribution in [0.1, 0.15) is 0 Å². The summed E-state index contributed by atoms with van der Waals surface area (Å²) in [5.41, 5.74) is -0.299. The van der Waals surface area contributed by atoms with Crippen LogP contribution in [-0.4, -0.2) is 30.4 Å². The number of anilines is 2. The Morgan fingerprint density at radius 2 is 2.00 bits per heavy atom. The molecule has 2 N–H and O–H groups in total. The first-order valence-electron chi connectivity index (χ1n) is 5.20. The Morgan fingerprint density at radius 3 is 2.50 bits per heavy atom. The maximum atomic E-state index is 12.1. The van der Waals surface area contributed by atoms with E-state index < -0.39 is 14.9 Å². The highest BCUT2D eigenvalue weighted by Crippen LogP contribution is 2.36. The van der Waals surface area contributed by atoms with Gasteiger partial charge in [-0.05, 0) is 6.07 Å². The molecule has 9 nitrogen and oxygen atoms in total. The molecule has 0 amide bonds. The van der Waals surface area contributed by atoms with Gasteiger partial charge in [-0.2, -0.15) is 0 Å². The first kappa shape index (κ1) is 14.1. The van der Waals surface area contributed by atoms with Crippen LogP contribution >= 0.6 is 11.3 Å². The van der Waals surface area contributed by atoms with Crippen LogP contribution < -0.4 is 10.0 Å². The minimum atomic E-state index is -3.96. The lowest BCUT2D eigenvalue weighted by Crippen LogP contribution is -2.13. The van der Waals surface area contributed by atoms with E-state index in [0.717, 1.165) is 17.4 Å². The first-order valence-corrected chi connectivity index (χ1v) is 7.50. The van der Waals surface area contributed by atoms with Crippen LogP contribution in [0.3, 0.4) is 0 Å².